The number of ether oxygens (including phenoxy) is 1. The van der Waals surface area contributed by atoms with Gasteiger partial charge in [0, 0.05) is 39.6 Å². The molecule has 3 nitrogen and oxygen atoms in total. The summed E-state index contributed by atoms with van der Waals surface area (Å²) in [4.78, 5) is 7.50. The highest BCUT2D eigenvalue weighted by molar-refractivity contribution is 5.99. The van der Waals surface area contributed by atoms with Crippen LogP contribution in [0.5, 0.6) is 5.75 Å². The molecule has 0 amide bonds. The first-order valence-corrected chi connectivity index (χ1v) is 12.8. The van der Waals surface area contributed by atoms with Crippen molar-refractivity contribution in [2.45, 2.75) is 25.4 Å². The van der Waals surface area contributed by atoms with E-state index < -0.39 is 5.41 Å². The number of nitrogens with one attached hydrogen (secondary N) is 2. The molecule has 0 saturated heterocycles. The summed E-state index contributed by atoms with van der Waals surface area (Å²) in [6, 6.07) is 42.7. The standard InChI is InChI=1S/C34H30N2O/c1-24(2)37-30-21-12-10-19-28(30)34(31-22-13-23-35-31,26-16-7-4-8-17-26)33-32(25-14-5-3-6-15-25)27-18-9-11-20-29(27)36-33/h3-24,35-36H,1-2H3/t34-/m0/s1. The lowest BCUT2D eigenvalue weighted by molar-refractivity contribution is 0.238. The molecule has 1 atom stereocenters. The molecular formula is C34H30N2O. The molecule has 0 bridgehead atoms. The maximum atomic E-state index is 6.48. The number of hydrogen-bond acceptors (Lipinski definition) is 1. The minimum Gasteiger partial charge on any atom is -0.491 e. The summed E-state index contributed by atoms with van der Waals surface area (Å²) in [5.41, 5.74) is 7.18. The van der Waals surface area contributed by atoms with Crippen LogP contribution < -0.4 is 4.74 Å². The van der Waals surface area contributed by atoms with Crippen molar-refractivity contribution in [3.63, 3.8) is 0 Å². The lowest BCUT2D eigenvalue weighted by Crippen LogP contribution is -2.33. The van der Waals surface area contributed by atoms with Gasteiger partial charge in [-0.3, -0.25) is 0 Å². The summed E-state index contributed by atoms with van der Waals surface area (Å²) >= 11 is 0. The maximum absolute atomic E-state index is 6.48. The van der Waals surface area contributed by atoms with Gasteiger partial charge in [-0.05, 0) is 49.2 Å². The van der Waals surface area contributed by atoms with Crippen molar-refractivity contribution in [1.29, 1.82) is 0 Å². The molecule has 0 aliphatic heterocycles. The second kappa shape index (κ2) is 9.51. The van der Waals surface area contributed by atoms with Gasteiger partial charge >= 0.3 is 0 Å². The van der Waals surface area contributed by atoms with Crippen LogP contribution in [-0.2, 0) is 5.41 Å². The zero-order valence-corrected chi connectivity index (χ0v) is 21.1. The number of rotatable bonds is 7. The molecule has 0 radical (unpaired) electrons. The molecule has 4 aromatic carbocycles. The summed E-state index contributed by atoms with van der Waals surface area (Å²) in [5, 5.41) is 1.19. The minimum absolute atomic E-state index is 0.0366. The molecule has 0 aliphatic carbocycles. The van der Waals surface area contributed by atoms with E-state index in [-0.39, 0.29) is 6.10 Å². The van der Waals surface area contributed by atoms with Crippen molar-refractivity contribution in [2.24, 2.45) is 0 Å². The van der Waals surface area contributed by atoms with Gasteiger partial charge in [0.15, 0.2) is 0 Å². The summed E-state index contributed by atoms with van der Waals surface area (Å²) in [7, 11) is 0. The van der Waals surface area contributed by atoms with Crippen LogP contribution >= 0.6 is 0 Å². The number of H-pyrrole nitrogens is 2. The fourth-order valence-corrected chi connectivity index (χ4v) is 5.58. The van der Waals surface area contributed by atoms with E-state index in [1.807, 2.05) is 6.20 Å². The summed E-state index contributed by atoms with van der Waals surface area (Å²) < 4.78 is 6.48. The first kappa shape index (κ1) is 22.9. The van der Waals surface area contributed by atoms with E-state index in [0.29, 0.717) is 0 Å². The Kier molecular flexibility index (Phi) is 5.90. The zero-order chi connectivity index (χ0) is 25.2. The quantitative estimate of drug-likeness (QED) is 0.236. The van der Waals surface area contributed by atoms with E-state index in [0.717, 1.165) is 33.8 Å². The molecule has 0 saturated carbocycles. The monoisotopic (exact) mass is 482 g/mol. The van der Waals surface area contributed by atoms with E-state index >= 15 is 0 Å². The largest absolute Gasteiger partial charge is 0.491 e. The van der Waals surface area contributed by atoms with E-state index in [9.17, 15) is 0 Å². The van der Waals surface area contributed by atoms with Crippen molar-refractivity contribution in [3.05, 3.63) is 150 Å². The molecule has 0 spiro atoms. The van der Waals surface area contributed by atoms with Gasteiger partial charge in [0.25, 0.3) is 0 Å². The third-order valence-electron chi connectivity index (χ3n) is 7.01. The number of aromatic nitrogens is 2. The topological polar surface area (TPSA) is 40.8 Å². The lowest BCUT2D eigenvalue weighted by atomic mass is 9.67. The van der Waals surface area contributed by atoms with Gasteiger partial charge < -0.3 is 14.7 Å². The van der Waals surface area contributed by atoms with Crippen LogP contribution in [-0.4, -0.2) is 16.1 Å². The Morgan fingerprint density at radius 1 is 0.676 bits per heavy atom. The van der Waals surface area contributed by atoms with Crippen molar-refractivity contribution in [2.75, 3.05) is 0 Å². The van der Waals surface area contributed by atoms with E-state index in [1.165, 1.54) is 16.5 Å². The highest BCUT2D eigenvalue weighted by Crippen LogP contribution is 2.51. The van der Waals surface area contributed by atoms with Crippen LogP contribution in [0.2, 0.25) is 0 Å². The van der Waals surface area contributed by atoms with Gasteiger partial charge in [0.2, 0.25) is 0 Å². The van der Waals surface area contributed by atoms with E-state index in [4.69, 9.17) is 4.74 Å². The third-order valence-corrected chi connectivity index (χ3v) is 7.01. The number of fused-ring (bicyclic) bond motifs is 1. The SMILES string of the molecule is CC(C)Oc1ccccc1[C@@](c1ccccc1)(c1ccc[nH]1)c1[nH]c2ccccc2c1-c1ccccc1. The van der Waals surface area contributed by atoms with Gasteiger partial charge in [-0.1, -0.05) is 97.1 Å². The summed E-state index contributed by atoms with van der Waals surface area (Å²) in [6.45, 7) is 4.15. The van der Waals surface area contributed by atoms with Gasteiger partial charge in [-0.25, -0.2) is 0 Å². The first-order chi connectivity index (χ1) is 18.2. The van der Waals surface area contributed by atoms with Crippen molar-refractivity contribution in [1.82, 2.24) is 9.97 Å². The third kappa shape index (κ3) is 3.84. The molecular weight excluding hydrogens is 452 g/mol. The average molecular weight is 483 g/mol. The molecule has 0 unspecified atom stereocenters. The Hall–Kier alpha value is -4.50. The second-order valence-electron chi connectivity index (χ2n) is 9.65. The Balaban J connectivity index is 1.82. The van der Waals surface area contributed by atoms with Crippen LogP contribution in [0.3, 0.4) is 0 Å². The molecule has 6 aromatic rings. The van der Waals surface area contributed by atoms with Crippen LogP contribution in [0.4, 0.5) is 0 Å². The van der Waals surface area contributed by atoms with Gasteiger partial charge in [0.1, 0.15) is 11.2 Å². The molecule has 2 N–H and O–H groups in total. The Morgan fingerprint density at radius 2 is 1.35 bits per heavy atom. The predicted molar refractivity (Wildman–Crippen MR) is 152 cm³/mol. The number of para-hydroxylation sites is 2. The highest BCUT2D eigenvalue weighted by Gasteiger charge is 2.45. The number of aromatic amines is 2. The van der Waals surface area contributed by atoms with E-state index in [1.54, 1.807) is 0 Å². The molecule has 0 aliphatic rings. The normalized spacial score (nSPS) is 13.1. The lowest BCUT2D eigenvalue weighted by Gasteiger charge is -2.36. The molecule has 37 heavy (non-hydrogen) atoms. The van der Waals surface area contributed by atoms with Gasteiger partial charge in [-0.15, -0.1) is 0 Å². The zero-order valence-electron chi connectivity index (χ0n) is 21.1. The fourth-order valence-electron chi connectivity index (χ4n) is 5.58. The van der Waals surface area contributed by atoms with E-state index in [2.05, 4.69) is 145 Å². The summed E-state index contributed by atoms with van der Waals surface area (Å²) in [6.07, 6.45) is 2.04. The molecule has 6 rings (SSSR count). The minimum atomic E-state index is -0.694. The van der Waals surface area contributed by atoms with Crippen LogP contribution in [0, 0.1) is 0 Å². The molecule has 2 aromatic heterocycles. The van der Waals surface area contributed by atoms with Gasteiger partial charge in [-0.2, -0.15) is 0 Å². The van der Waals surface area contributed by atoms with Crippen LogP contribution in [0.1, 0.15) is 36.4 Å². The van der Waals surface area contributed by atoms with Crippen LogP contribution in [0.25, 0.3) is 22.0 Å². The smallest absolute Gasteiger partial charge is 0.124 e. The summed E-state index contributed by atoms with van der Waals surface area (Å²) in [5.74, 6) is 0.869. The van der Waals surface area contributed by atoms with Crippen LogP contribution in [0.15, 0.2) is 128 Å². The Bertz CT molecular complexity index is 1620. The van der Waals surface area contributed by atoms with Gasteiger partial charge in [0.05, 0.1) is 6.10 Å². The predicted octanol–water partition coefficient (Wildman–Crippen LogP) is 8.33. The molecule has 0 fully saturated rings. The average Bonchev–Trinajstić information content (AvgIpc) is 3.60. The van der Waals surface area contributed by atoms with Crippen molar-refractivity contribution >= 4 is 10.9 Å². The highest BCUT2D eigenvalue weighted by atomic mass is 16.5. The van der Waals surface area contributed by atoms with Crippen molar-refractivity contribution in [3.8, 4) is 16.9 Å². The Labute approximate surface area is 217 Å². The number of hydrogen-bond donors (Lipinski definition) is 2. The molecule has 182 valence electrons. The fraction of sp³-hybridized carbons (Fsp3) is 0.118. The second-order valence-corrected chi connectivity index (χ2v) is 9.65. The maximum Gasteiger partial charge on any atom is 0.124 e. The molecule has 2 heterocycles. The molecule has 3 heteroatoms. The first-order valence-electron chi connectivity index (χ1n) is 12.8. The number of benzene rings is 4. The van der Waals surface area contributed by atoms with Crippen molar-refractivity contribution < 1.29 is 4.74 Å². The Morgan fingerprint density at radius 3 is 2.08 bits per heavy atom.